The van der Waals surface area contributed by atoms with Crippen molar-refractivity contribution >= 4 is 10.9 Å². The normalized spacial score (nSPS) is 15.2. The maximum Gasteiger partial charge on any atom is 0.335 e. The Morgan fingerprint density at radius 2 is 1.71 bits per heavy atom. The van der Waals surface area contributed by atoms with E-state index >= 15 is 0 Å². The zero-order valence-electron chi connectivity index (χ0n) is 18.9. The molecule has 2 aromatic heterocycles. The fourth-order valence-electron chi connectivity index (χ4n) is 4.66. The van der Waals surface area contributed by atoms with Crippen LogP contribution in [0.4, 0.5) is 0 Å². The van der Waals surface area contributed by atoms with Gasteiger partial charge in [0.2, 0.25) is 11.6 Å². The second kappa shape index (κ2) is 8.31. The maximum absolute atomic E-state index is 13.0. The fourth-order valence-corrected chi connectivity index (χ4v) is 4.66. The summed E-state index contributed by atoms with van der Waals surface area (Å²) in [5.41, 5.74) is 1.59. The van der Waals surface area contributed by atoms with Gasteiger partial charge in [-0.15, -0.1) is 0 Å². The Hall–Kier alpha value is -4.18. The number of para-hydroxylation sites is 1. The molecule has 4 aromatic rings. The Bertz CT molecular complexity index is 1490. The van der Waals surface area contributed by atoms with Crippen LogP contribution in [0, 0.1) is 0 Å². The zero-order chi connectivity index (χ0) is 24.0. The lowest BCUT2D eigenvalue weighted by Crippen LogP contribution is -2.38. The van der Waals surface area contributed by atoms with Gasteiger partial charge in [0.25, 0.3) is 5.56 Å². The van der Waals surface area contributed by atoms with Crippen molar-refractivity contribution < 1.29 is 19.3 Å². The number of rotatable bonds is 5. The van der Waals surface area contributed by atoms with Gasteiger partial charge in [-0.2, -0.15) is 0 Å². The molecule has 0 aliphatic carbocycles. The molecule has 4 N–H and O–H groups in total. The van der Waals surface area contributed by atoms with Gasteiger partial charge in [0, 0.05) is 35.3 Å². The number of aromatic amines is 2. The molecule has 5 rings (SSSR count). The minimum Gasteiger partial charge on any atom is -0.494 e. The number of aromatic nitrogens is 3. The highest BCUT2D eigenvalue weighted by Gasteiger charge is 2.31. The first-order valence-electron chi connectivity index (χ1n) is 10.7. The van der Waals surface area contributed by atoms with Crippen molar-refractivity contribution in [3.8, 4) is 28.8 Å². The molecule has 1 aliphatic rings. The van der Waals surface area contributed by atoms with Crippen LogP contribution < -0.4 is 30.8 Å². The van der Waals surface area contributed by atoms with E-state index in [0.29, 0.717) is 23.8 Å². The Kier molecular flexibility index (Phi) is 5.29. The highest BCUT2D eigenvalue weighted by Crippen LogP contribution is 2.40. The highest BCUT2D eigenvalue weighted by atomic mass is 16.5. The average Bonchev–Trinajstić information content (AvgIpc) is 3.22. The van der Waals surface area contributed by atoms with E-state index in [9.17, 15) is 14.7 Å². The maximum atomic E-state index is 13.0. The summed E-state index contributed by atoms with van der Waals surface area (Å²) in [6, 6.07) is 10.3. The summed E-state index contributed by atoms with van der Waals surface area (Å²) in [4.78, 5) is 31.5. The smallest absolute Gasteiger partial charge is 0.335 e. The predicted molar refractivity (Wildman–Crippen MR) is 126 cm³/mol. The number of methoxy groups -OCH3 is 3. The summed E-state index contributed by atoms with van der Waals surface area (Å²) in [5, 5.41) is 15.7. The molecule has 10 nitrogen and oxygen atoms in total. The van der Waals surface area contributed by atoms with Crippen LogP contribution in [0.2, 0.25) is 0 Å². The van der Waals surface area contributed by atoms with Gasteiger partial charge >= 0.3 is 5.69 Å². The van der Waals surface area contributed by atoms with E-state index < -0.39 is 23.2 Å². The van der Waals surface area contributed by atoms with E-state index in [1.54, 1.807) is 0 Å². The van der Waals surface area contributed by atoms with Gasteiger partial charge in [-0.05, 0) is 18.1 Å². The second-order valence-corrected chi connectivity index (χ2v) is 7.92. The van der Waals surface area contributed by atoms with Gasteiger partial charge in [0.05, 0.1) is 33.1 Å². The third-order valence-corrected chi connectivity index (χ3v) is 6.18. The molecule has 1 atom stereocenters. The summed E-state index contributed by atoms with van der Waals surface area (Å²) in [7, 11) is 4.37. The van der Waals surface area contributed by atoms with E-state index in [2.05, 4.69) is 15.3 Å². The number of aromatic hydroxyl groups is 1. The number of hydrogen-bond donors (Lipinski definition) is 4. The third kappa shape index (κ3) is 3.22. The molecule has 34 heavy (non-hydrogen) atoms. The largest absolute Gasteiger partial charge is 0.494 e. The van der Waals surface area contributed by atoms with Crippen LogP contribution in [0.5, 0.6) is 23.1 Å². The standard InChI is InChI=1S/C24H24N4O6/c1-32-16-10-12(11-17(33-2)21(16)34-3)28-23(30)18(22(29)27-24(28)31)20-19-14(8-9-25-20)13-6-4-5-7-15(13)26-19/h4-7,10-11,20,25-26,30H,8-9H2,1-3H3,(H,27,29,31). The molecule has 176 valence electrons. The van der Waals surface area contributed by atoms with Crippen LogP contribution in [0.15, 0.2) is 46.0 Å². The van der Waals surface area contributed by atoms with Crippen LogP contribution in [-0.2, 0) is 6.42 Å². The van der Waals surface area contributed by atoms with E-state index in [1.807, 2.05) is 24.3 Å². The fraction of sp³-hybridized carbons (Fsp3) is 0.250. The van der Waals surface area contributed by atoms with E-state index in [1.165, 1.54) is 33.5 Å². The lowest BCUT2D eigenvalue weighted by Gasteiger charge is -2.25. The molecule has 1 aliphatic heterocycles. The van der Waals surface area contributed by atoms with Crippen LogP contribution in [0.25, 0.3) is 16.6 Å². The van der Waals surface area contributed by atoms with Gasteiger partial charge in [0.1, 0.15) is 5.56 Å². The summed E-state index contributed by atoms with van der Waals surface area (Å²) in [5.74, 6) is 0.448. The van der Waals surface area contributed by atoms with Crippen molar-refractivity contribution in [3.05, 3.63) is 74.1 Å². The summed E-state index contributed by atoms with van der Waals surface area (Å²) < 4.78 is 17.1. The lowest BCUT2D eigenvalue weighted by atomic mass is 9.95. The molecule has 0 fully saturated rings. The molecule has 0 spiro atoms. The molecule has 0 bridgehead atoms. The summed E-state index contributed by atoms with van der Waals surface area (Å²) in [6.45, 7) is 0.599. The van der Waals surface area contributed by atoms with Crippen molar-refractivity contribution in [2.45, 2.75) is 12.5 Å². The number of ether oxygens (including phenoxy) is 3. The van der Waals surface area contributed by atoms with Crippen molar-refractivity contribution in [1.29, 1.82) is 0 Å². The first kappa shape index (κ1) is 21.7. The average molecular weight is 464 g/mol. The molecule has 3 heterocycles. The van der Waals surface area contributed by atoms with Gasteiger partial charge in [0.15, 0.2) is 11.5 Å². The minimum atomic E-state index is -0.798. The Labute approximate surface area is 193 Å². The molecular formula is C24H24N4O6. The number of hydrogen-bond acceptors (Lipinski definition) is 7. The molecular weight excluding hydrogens is 440 g/mol. The summed E-state index contributed by atoms with van der Waals surface area (Å²) >= 11 is 0. The SMILES string of the molecule is COc1cc(-n2c(O)c(C3NCCc4c3[nH]c3ccccc43)c(=O)[nH]c2=O)cc(OC)c1OC. The monoisotopic (exact) mass is 464 g/mol. The van der Waals surface area contributed by atoms with Crippen LogP contribution in [0.1, 0.15) is 22.9 Å². The quantitative estimate of drug-likeness (QED) is 0.355. The highest BCUT2D eigenvalue weighted by molar-refractivity contribution is 5.85. The van der Waals surface area contributed by atoms with Gasteiger partial charge in [-0.1, -0.05) is 18.2 Å². The molecule has 0 amide bonds. The first-order valence-corrected chi connectivity index (χ1v) is 10.7. The van der Waals surface area contributed by atoms with Gasteiger partial charge < -0.3 is 29.6 Å². The van der Waals surface area contributed by atoms with E-state index in [4.69, 9.17) is 14.2 Å². The lowest BCUT2D eigenvalue weighted by molar-refractivity contribution is 0.324. The number of nitrogens with one attached hydrogen (secondary N) is 3. The molecule has 0 saturated heterocycles. The van der Waals surface area contributed by atoms with Gasteiger partial charge in [-0.3, -0.25) is 9.78 Å². The third-order valence-electron chi connectivity index (χ3n) is 6.18. The summed E-state index contributed by atoms with van der Waals surface area (Å²) in [6.07, 6.45) is 0.765. The minimum absolute atomic E-state index is 0.0286. The topological polar surface area (TPSA) is 131 Å². The van der Waals surface area contributed by atoms with Crippen molar-refractivity contribution in [3.63, 3.8) is 0 Å². The second-order valence-electron chi connectivity index (χ2n) is 7.92. The number of nitrogens with zero attached hydrogens (tertiary/aromatic N) is 1. The van der Waals surface area contributed by atoms with Crippen molar-refractivity contribution in [1.82, 2.24) is 19.9 Å². The Morgan fingerprint density at radius 3 is 2.38 bits per heavy atom. The number of fused-ring (bicyclic) bond motifs is 3. The molecule has 1 unspecified atom stereocenters. The molecule has 0 saturated carbocycles. The van der Waals surface area contributed by atoms with E-state index in [0.717, 1.165) is 33.1 Å². The Morgan fingerprint density at radius 1 is 1.00 bits per heavy atom. The number of benzene rings is 2. The van der Waals surface area contributed by atoms with Crippen molar-refractivity contribution in [2.24, 2.45) is 0 Å². The first-order chi connectivity index (χ1) is 16.5. The van der Waals surface area contributed by atoms with Gasteiger partial charge in [-0.25, -0.2) is 9.36 Å². The van der Waals surface area contributed by atoms with Crippen molar-refractivity contribution in [2.75, 3.05) is 27.9 Å². The Balaban J connectivity index is 1.74. The predicted octanol–water partition coefficient (Wildman–Crippen LogP) is 1.97. The number of H-pyrrole nitrogens is 2. The molecule has 2 aromatic carbocycles. The molecule has 10 heteroatoms. The molecule has 0 radical (unpaired) electrons. The van der Waals surface area contributed by atoms with Crippen LogP contribution in [-0.4, -0.2) is 47.5 Å². The van der Waals surface area contributed by atoms with Crippen LogP contribution in [0.3, 0.4) is 0 Å². The zero-order valence-corrected chi connectivity index (χ0v) is 18.9. The van der Waals surface area contributed by atoms with Crippen LogP contribution >= 0.6 is 0 Å². The van der Waals surface area contributed by atoms with E-state index in [-0.39, 0.29) is 11.3 Å².